The van der Waals surface area contributed by atoms with Gasteiger partial charge in [-0.1, -0.05) is 44.2 Å². The Labute approximate surface area is 226 Å². The fourth-order valence-electron chi connectivity index (χ4n) is 3.83. The maximum absolute atomic E-state index is 13.4. The van der Waals surface area contributed by atoms with E-state index in [1.165, 1.54) is 12.5 Å². The van der Waals surface area contributed by atoms with Gasteiger partial charge in [-0.15, -0.1) is 0 Å². The first-order valence-corrected chi connectivity index (χ1v) is 12.6. The zero-order chi connectivity index (χ0) is 28.9. The monoisotopic (exact) mass is 543 g/mol. The van der Waals surface area contributed by atoms with E-state index in [2.05, 4.69) is 25.9 Å². The summed E-state index contributed by atoms with van der Waals surface area (Å²) in [6.45, 7) is 3.66. The molecular weight excluding hydrogens is 506 g/mol. The summed E-state index contributed by atoms with van der Waals surface area (Å²) in [4.78, 5) is 69.0. The number of aromatic nitrogens is 2. The van der Waals surface area contributed by atoms with Gasteiger partial charge in [0.1, 0.15) is 18.1 Å². The minimum absolute atomic E-state index is 0.00186. The van der Waals surface area contributed by atoms with Gasteiger partial charge in [0.05, 0.1) is 12.4 Å². The number of primary amides is 1. The van der Waals surface area contributed by atoms with Gasteiger partial charge >= 0.3 is 5.97 Å². The van der Waals surface area contributed by atoms with Gasteiger partial charge in [-0.25, -0.2) is 9.78 Å². The predicted octanol–water partition coefficient (Wildman–Crippen LogP) is -0.627. The van der Waals surface area contributed by atoms with Crippen LogP contribution in [0.15, 0.2) is 42.9 Å². The molecule has 4 atom stereocenters. The molecule has 0 aliphatic heterocycles. The standard InChI is InChI=1S/C26H37N7O6/c1-15(2)10-21(26(38)39)33-25(37)20(12-17-13-29-14-30-17)32-24(36)19(11-16-6-4-3-5-7-16)31-23(35)18(27)8-9-22(28)34/h3-7,13-15,18-21H,8-12,27H2,1-2H3,(H2,28,34)(H,29,30)(H,31,35)(H,32,36)(H,33,37)(H,38,39). The van der Waals surface area contributed by atoms with Crippen LogP contribution in [0.5, 0.6) is 0 Å². The van der Waals surface area contributed by atoms with Crippen LogP contribution < -0.4 is 27.4 Å². The van der Waals surface area contributed by atoms with E-state index >= 15 is 0 Å². The number of hydrogen-bond acceptors (Lipinski definition) is 7. The molecule has 4 unspecified atom stereocenters. The summed E-state index contributed by atoms with van der Waals surface area (Å²) in [6, 6.07) is 4.38. The van der Waals surface area contributed by atoms with Gasteiger partial charge in [-0.05, 0) is 24.3 Å². The molecule has 212 valence electrons. The minimum Gasteiger partial charge on any atom is -0.480 e. The lowest BCUT2D eigenvalue weighted by Gasteiger charge is -2.25. The van der Waals surface area contributed by atoms with E-state index in [1.54, 1.807) is 30.3 Å². The van der Waals surface area contributed by atoms with Crippen LogP contribution in [-0.2, 0) is 36.8 Å². The molecule has 2 aromatic rings. The van der Waals surface area contributed by atoms with Gasteiger partial charge in [0.15, 0.2) is 0 Å². The fourth-order valence-corrected chi connectivity index (χ4v) is 3.83. The molecule has 0 fully saturated rings. The number of rotatable bonds is 16. The number of carbonyl (C=O) groups excluding carboxylic acids is 4. The predicted molar refractivity (Wildman–Crippen MR) is 142 cm³/mol. The molecule has 0 spiro atoms. The smallest absolute Gasteiger partial charge is 0.326 e. The van der Waals surface area contributed by atoms with Crippen molar-refractivity contribution in [1.29, 1.82) is 0 Å². The molecule has 0 saturated carbocycles. The third kappa shape index (κ3) is 10.9. The molecule has 1 aromatic carbocycles. The van der Waals surface area contributed by atoms with Crippen LogP contribution in [0.1, 0.15) is 44.4 Å². The van der Waals surface area contributed by atoms with Crippen LogP contribution in [0.4, 0.5) is 0 Å². The molecule has 1 heterocycles. The molecule has 13 heteroatoms. The Hall–Kier alpha value is -4.26. The largest absolute Gasteiger partial charge is 0.480 e. The lowest BCUT2D eigenvalue weighted by molar-refractivity contribution is -0.142. The summed E-state index contributed by atoms with van der Waals surface area (Å²) < 4.78 is 0. The zero-order valence-corrected chi connectivity index (χ0v) is 22.1. The van der Waals surface area contributed by atoms with Crippen molar-refractivity contribution < 1.29 is 29.1 Å². The Bertz CT molecular complexity index is 1110. The second kappa shape index (κ2) is 15.2. The lowest BCUT2D eigenvalue weighted by Crippen LogP contribution is -2.58. The number of hydrogen-bond donors (Lipinski definition) is 7. The maximum Gasteiger partial charge on any atom is 0.326 e. The quantitative estimate of drug-likeness (QED) is 0.144. The Balaban J connectivity index is 2.25. The number of carbonyl (C=O) groups is 5. The van der Waals surface area contributed by atoms with Gasteiger partial charge in [-0.3, -0.25) is 19.2 Å². The summed E-state index contributed by atoms with van der Waals surface area (Å²) in [5.41, 5.74) is 12.3. The van der Waals surface area contributed by atoms with Crippen molar-refractivity contribution >= 4 is 29.6 Å². The molecule has 1 aromatic heterocycles. The number of benzene rings is 1. The fraction of sp³-hybridized carbons (Fsp3) is 0.462. The SMILES string of the molecule is CC(C)CC(NC(=O)C(Cc1cnc[nH]1)NC(=O)C(Cc1ccccc1)NC(=O)C(N)CCC(N)=O)C(=O)O. The number of nitrogens with zero attached hydrogens (tertiary/aromatic N) is 1. The molecule has 0 aliphatic rings. The normalized spacial score (nSPS) is 14.1. The summed E-state index contributed by atoms with van der Waals surface area (Å²) in [7, 11) is 0. The van der Waals surface area contributed by atoms with Crippen LogP contribution in [-0.4, -0.2) is 68.8 Å². The van der Waals surface area contributed by atoms with Gasteiger partial charge in [0.2, 0.25) is 23.6 Å². The molecule has 0 saturated heterocycles. The van der Waals surface area contributed by atoms with Crippen LogP contribution in [0.2, 0.25) is 0 Å². The number of H-pyrrole nitrogens is 1. The summed E-state index contributed by atoms with van der Waals surface area (Å²) >= 11 is 0. The first-order chi connectivity index (χ1) is 18.5. The highest BCUT2D eigenvalue weighted by molar-refractivity contribution is 5.94. The summed E-state index contributed by atoms with van der Waals surface area (Å²) in [5.74, 6) is -3.84. The van der Waals surface area contributed by atoms with Crippen molar-refractivity contribution in [3.8, 4) is 0 Å². The third-order valence-corrected chi connectivity index (χ3v) is 5.89. The molecule has 0 radical (unpaired) electrons. The Morgan fingerprint density at radius 3 is 2.05 bits per heavy atom. The number of amides is 4. The Morgan fingerprint density at radius 2 is 1.51 bits per heavy atom. The molecule has 4 amide bonds. The van der Waals surface area contributed by atoms with Gasteiger partial charge < -0.3 is 37.5 Å². The van der Waals surface area contributed by atoms with Gasteiger partial charge in [-0.2, -0.15) is 0 Å². The van der Waals surface area contributed by atoms with Crippen LogP contribution in [0.3, 0.4) is 0 Å². The topological polar surface area (TPSA) is 222 Å². The van der Waals surface area contributed by atoms with Gasteiger partial charge in [0.25, 0.3) is 0 Å². The second-order valence-corrected chi connectivity index (χ2v) is 9.73. The van der Waals surface area contributed by atoms with Crippen molar-refractivity contribution in [1.82, 2.24) is 25.9 Å². The Morgan fingerprint density at radius 1 is 0.923 bits per heavy atom. The highest BCUT2D eigenvalue weighted by atomic mass is 16.4. The van der Waals surface area contributed by atoms with Crippen molar-refractivity contribution in [3.05, 3.63) is 54.1 Å². The third-order valence-electron chi connectivity index (χ3n) is 5.89. The van der Waals surface area contributed by atoms with Crippen molar-refractivity contribution in [2.75, 3.05) is 0 Å². The average Bonchev–Trinajstić information content (AvgIpc) is 3.39. The highest BCUT2D eigenvalue weighted by Crippen LogP contribution is 2.09. The van der Waals surface area contributed by atoms with E-state index in [-0.39, 0.29) is 38.0 Å². The first-order valence-electron chi connectivity index (χ1n) is 12.6. The van der Waals surface area contributed by atoms with Crippen molar-refractivity contribution in [2.45, 2.75) is 70.1 Å². The summed E-state index contributed by atoms with van der Waals surface area (Å²) in [6.07, 6.45) is 3.07. The Kier molecular flexibility index (Phi) is 12.1. The molecular formula is C26H37N7O6. The average molecular weight is 544 g/mol. The van der Waals surface area contributed by atoms with Gasteiger partial charge in [0, 0.05) is 31.2 Å². The number of nitrogens with one attached hydrogen (secondary N) is 4. The second-order valence-electron chi connectivity index (χ2n) is 9.73. The number of aromatic amines is 1. The van der Waals surface area contributed by atoms with Crippen molar-refractivity contribution in [3.63, 3.8) is 0 Å². The zero-order valence-electron chi connectivity index (χ0n) is 22.1. The molecule has 0 aliphatic carbocycles. The van der Waals surface area contributed by atoms with Crippen LogP contribution in [0, 0.1) is 5.92 Å². The summed E-state index contributed by atoms with van der Waals surface area (Å²) in [5, 5.41) is 17.3. The lowest BCUT2D eigenvalue weighted by atomic mass is 10.0. The van der Waals surface area contributed by atoms with E-state index < -0.39 is 53.8 Å². The van der Waals surface area contributed by atoms with E-state index in [9.17, 15) is 29.1 Å². The van der Waals surface area contributed by atoms with Crippen molar-refractivity contribution in [2.24, 2.45) is 17.4 Å². The minimum atomic E-state index is -1.19. The number of carboxylic acids is 1. The molecule has 9 N–H and O–H groups in total. The molecule has 39 heavy (non-hydrogen) atoms. The van der Waals surface area contributed by atoms with E-state index in [0.717, 1.165) is 5.56 Å². The molecule has 0 bridgehead atoms. The number of nitrogens with two attached hydrogens (primary N) is 2. The van der Waals surface area contributed by atoms with Crippen LogP contribution in [0.25, 0.3) is 0 Å². The van der Waals surface area contributed by atoms with E-state index in [4.69, 9.17) is 11.5 Å². The first kappa shape index (κ1) is 31.0. The maximum atomic E-state index is 13.4. The number of aliphatic carboxylic acids is 1. The number of carboxylic acid groups (broad SMARTS) is 1. The molecule has 2 rings (SSSR count). The van der Waals surface area contributed by atoms with Crippen LogP contribution >= 0.6 is 0 Å². The van der Waals surface area contributed by atoms with E-state index in [0.29, 0.717) is 5.69 Å². The van der Waals surface area contributed by atoms with E-state index in [1.807, 2.05) is 13.8 Å². The highest BCUT2D eigenvalue weighted by Gasteiger charge is 2.31. The molecule has 13 nitrogen and oxygen atoms in total. The number of imidazole rings is 1.